The van der Waals surface area contributed by atoms with Crippen molar-refractivity contribution in [3.8, 4) is 0 Å². The van der Waals surface area contributed by atoms with Crippen molar-refractivity contribution in [1.82, 2.24) is 14.5 Å². The molecule has 0 atom stereocenters. The maximum absolute atomic E-state index is 13.4. The largest absolute Gasteiger partial charge is 0.352 e. The summed E-state index contributed by atoms with van der Waals surface area (Å²) < 4.78 is 15.9. The van der Waals surface area contributed by atoms with Gasteiger partial charge in [-0.2, -0.15) is 0 Å². The van der Waals surface area contributed by atoms with Gasteiger partial charge in [-0.3, -0.25) is 18.7 Å². The van der Waals surface area contributed by atoms with Gasteiger partial charge < -0.3 is 5.32 Å². The Morgan fingerprint density at radius 3 is 2.46 bits per heavy atom. The van der Waals surface area contributed by atoms with Crippen LogP contribution in [0.4, 0.5) is 4.39 Å². The van der Waals surface area contributed by atoms with Crippen molar-refractivity contribution < 1.29 is 9.18 Å². The van der Waals surface area contributed by atoms with Crippen LogP contribution in [0.15, 0.2) is 76.3 Å². The molecule has 0 saturated carbocycles. The first kappa shape index (κ1) is 24.1. The van der Waals surface area contributed by atoms with E-state index in [-0.39, 0.29) is 42.5 Å². The fourth-order valence-electron chi connectivity index (χ4n) is 4.15. The minimum Gasteiger partial charge on any atom is -0.352 e. The van der Waals surface area contributed by atoms with Gasteiger partial charge in [-0.1, -0.05) is 48.0 Å². The summed E-state index contributed by atoms with van der Waals surface area (Å²) in [5.74, 6) is -0.525. The van der Waals surface area contributed by atoms with Crippen molar-refractivity contribution in [1.29, 1.82) is 0 Å². The van der Waals surface area contributed by atoms with Crippen molar-refractivity contribution in [3.05, 3.63) is 116 Å². The highest BCUT2D eigenvalue weighted by atomic mass is 19.1. The zero-order valence-corrected chi connectivity index (χ0v) is 19.9. The van der Waals surface area contributed by atoms with Gasteiger partial charge in [0.05, 0.1) is 17.4 Å². The molecule has 0 bridgehead atoms. The number of nitrogens with zero attached hydrogens (tertiary/aromatic N) is 2. The summed E-state index contributed by atoms with van der Waals surface area (Å²) in [4.78, 5) is 38.8. The lowest BCUT2D eigenvalue weighted by molar-refractivity contribution is -0.121. The summed E-state index contributed by atoms with van der Waals surface area (Å²) in [5.41, 5.74) is 3.83. The molecule has 35 heavy (non-hydrogen) atoms. The summed E-state index contributed by atoms with van der Waals surface area (Å²) in [5, 5.41) is 3.26. The van der Waals surface area contributed by atoms with Gasteiger partial charge in [0.15, 0.2) is 0 Å². The first-order valence-electron chi connectivity index (χ1n) is 11.6. The van der Waals surface area contributed by atoms with Crippen LogP contribution in [0.1, 0.15) is 35.1 Å². The Balaban J connectivity index is 1.53. The molecule has 0 radical (unpaired) electrons. The molecular formula is C28H28FN3O3. The zero-order chi connectivity index (χ0) is 24.9. The molecule has 0 saturated heterocycles. The van der Waals surface area contributed by atoms with E-state index in [0.717, 1.165) is 22.3 Å². The van der Waals surface area contributed by atoms with Crippen LogP contribution in [-0.4, -0.2) is 15.0 Å². The van der Waals surface area contributed by atoms with Crippen LogP contribution in [-0.2, 0) is 24.4 Å². The highest BCUT2D eigenvalue weighted by Crippen LogP contribution is 2.15. The van der Waals surface area contributed by atoms with Gasteiger partial charge in [-0.05, 0) is 61.2 Å². The van der Waals surface area contributed by atoms with E-state index in [1.807, 2.05) is 32.0 Å². The number of carbonyl (C=O) groups excluding carboxylic acids is 1. The Kier molecular flexibility index (Phi) is 7.25. The topological polar surface area (TPSA) is 73.1 Å². The van der Waals surface area contributed by atoms with Crippen molar-refractivity contribution in [2.75, 3.05) is 0 Å². The van der Waals surface area contributed by atoms with Crippen LogP contribution in [0.3, 0.4) is 0 Å². The van der Waals surface area contributed by atoms with Crippen molar-refractivity contribution in [3.63, 3.8) is 0 Å². The van der Waals surface area contributed by atoms with Crippen molar-refractivity contribution in [2.45, 2.75) is 46.3 Å². The van der Waals surface area contributed by atoms with Crippen LogP contribution in [0, 0.1) is 19.7 Å². The average molecular weight is 474 g/mol. The summed E-state index contributed by atoms with van der Waals surface area (Å²) in [7, 11) is 0. The number of hydrogen-bond donors (Lipinski definition) is 1. The molecule has 0 unspecified atom stereocenters. The molecule has 1 aromatic heterocycles. The molecule has 180 valence electrons. The lowest BCUT2D eigenvalue weighted by Crippen LogP contribution is -2.40. The molecule has 1 heterocycles. The third-order valence-corrected chi connectivity index (χ3v) is 6.15. The number of amides is 1. The number of para-hydroxylation sites is 1. The molecule has 6 nitrogen and oxygen atoms in total. The predicted molar refractivity (Wildman–Crippen MR) is 135 cm³/mol. The number of fused-ring (bicyclic) bond motifs is 1. The Labute approximate surface area is 202 Å². The molecule has 0 fully saturated rings. The molecule has 0 aliphatic carbocycles. The Morgan fingerprint density at radius 1 is 0.943 bits per heavy atom. The van der Waals surface area contributed by atoms with Gasteiger partial charge >= 0.3 is 5.69 Å². The third kappa shape index (κ3) is 5.57. The van der Waals surface area contributed by atoms with Crippen LogP contribution >= 0.6 is 0 Å². The number of nitrogens with one attached hydrogen (secondary N) is 1. The summed E-state index contributed by atoms with van der Waals surface area (Å²) in [6, 6.07) is 19.1. The quantitative estimate of drug-likeness (QED) is 0.419. The van der Waals surface area contributed by atoms with E-state index in [1.165, 1.54) is 16.7 Å². The van der Waals surface area contributed by atoms with Gasteiger partial charge in [0.2, 0.25) is 5.91 Å². The molecule has 1 amide bonds. The monoisotopic (exact) mass is 473 g/mol. The van der Waals surface area contributed by atoms with Gasteiger partial charge in [0.1, 0.15) is 5.82 Å². The SMILES string of the molecule is Cc1ccc(C)c(Cn2c(=O)n(CCCC(=O)NCc3ccc(F)cc3)c(=O)c3ccccc32)c1. The van der Waals surface area contributed by atoms with E-state index in [0.29, 0.717) is 23.9 Å². The third-order valence-electron chi connectivity index (χ3n) is 6.15. The second-order valence-corrected chi connectivity index (χ2v) is 8.78. The van der Waals surface area contributed by atoms with E-state index in [2.05, 4.69) is 11.4 Å². The Morgan fingerprint density at radius 2 is 1.69 bits per heavy atom. The molecule has 4 rings (SSSR count). The second kappa shape index (κ2) is 10.5. The maximum Gasteiger partial charge on any atom is 0.331 e. The van der Waals surface area contributed by atoms with E-state index < -0.39 is 0 Å². The number of carbonyl (C=O) groups is 1. The molecule has 3 aromatic carbocycles. The van der Waals surface area contributed by atoms with Crippen LogP contribution in [0.25, 0.3) is 10.9 Å². The van der Waals surface area contributed by atoms with Gasteiger partial charge in [0, 0.05) is 19.5 Å². The van der Waals surface area contributed by atoms with Crippen LogP contribution in [0.2, 0.25) is 0 Å². The lowest BCUT2D eigenvalue weighted by atomic mass is 10.1. The van der Waals surface area contributed by atoms with E-state index in [1.54, 1.807) is 34.9 Å². The van der Waals surface area contributed by atoms with Crippen molar-refractivity contribution >= 4 is 16.8 Å². The molecule has 4 aromatic rings. The standard InChI is InChI=1S/C28H28FN3O3/c1-19-9-10-20(2)22(16-19)18-32-25-7-4-3-6-24(25)27(34)31(28(32)35)15-5-8-26(33)30-17-21-11-13-23(29)14-12-21/h3-4,6-7,9-14,16H,5,8,15,17-18H2,1-2H3,(H,30,33). The summed E-state index contributed by atoms with van der Waals surface area (Å²) in [6.45, 7) is 4.79. The maximum atomic E-state index is 13.4. The van der Waals surface area contributed by atoms with Crippen LogP contribution in [0.5, 0.6) is 0 Å². The normalized spacial score (nSPS) is 11.1. The smallest absolute Gasteiger partial charge is 0.331 e. The predicted octanol–water partition coefficient (Wildman–Crippen LogP) is 4.06. The minimum absolute atomic E-state index is 0.138. The highest BCUT2D eigenvalue weighted by Gasteiger charge is 2.14. The molecule has 0 spiro atoms. The number of aryl methyl sites for hydroxylation is 2. The fraction of sp³-hybridized carbons (Fsp3) is 0.250. The molecular weight excluding hydrogens is 445 g/mol. The first-order valence-corrected chi connectivity index (χ1v) is 11.6. The summed E-state index contributed by atoms with van der Waals surface area (Å²) in [6.07, 6.45) is 0.503. The number of rotatable bonds is 8. The van der Waals surface area contributed by atoms with Gasteiger partial charge in [-0.15, -0.1) is 0 Å². The van der Waals surface area contributed by atoms with E-state index in [9.17, 15) is 18.8 Å². The zero-order valence-electron chi connectivity index (χ0n) is 19.9. The molecule has 1 N–H and O–H groups in total. The Bertz CT molecular complexity index is 1490. The van der Waals surface area contributed by atoms with Gasteiger partial charge in [-0.25, -0.2) is 9.18 Å². The summed E-state index contributed by atoms with van der Waals surface area (Å²) >= 11 is 0. The van der Waals surface area contributed by atoms with E-state index in [4.69, 9.17) is 0 Å². The fourth-order valence-corrected chi connectivity index (χ4v) is 4.15. The number of aromatic nitrogens is 2. The lowest BCUT2D eigenvalue weighted by Gasteiger charge is -2.16. The average Bonchev–Trinajstić information content (AvgIpc) is 2.85. The number of hydrogen-bond acceptors (Lipinski definition) is 3. The molecule has 0 aliphatic heterocycles. The first-order chi connectivity index (χ1) is 16.8. The van der Waals surface area contributed by atoms with Crippen LogP contribution < -0.4 is 16.6 Å². The number of benzene rings is 3. The molecule has 7 heteroatoms. The van der Waals surface area contributed by atoms with E-state index >= 15 is 0 Å². The molecule has 0 aliphatic rings. The minimum atomic E-state index is -0.388. The Hall–Kier alpha value is -4.00. The van der Waals surface area contributed by atoms with Gasteiger partial charge in [0.25, 0.3) is 5.56 Å². The van der Waals surface area contributed by atoms with Crippen molar-refractivity contribution in [2.24, 2.45) is 0 Å². The highest BCUT2D eigenvalue weighted by molar-refractivity contribution is 5.78. The number of halogens is 1. The second-order valence-electron chi connectivity index (χ2n) is 8.78.